The summed E-state index contributed by atoms with van der Waals surface area (Å²) in [5.41, 5.74) is 0.725. The Hall–Kier alpha value is -2.24. The van der Waals surface area contributed by atoms with E-state index in [4.69, 9.17) is 4.74 Å². The van der Waals surface area contributed by atoms with E-state index < -0.39 is 11.0 Å². The fourth-order valence-corrected chi connectivity index (χ4v) is 1.85. The Bertz CT molecular complexity index is 537. The van der Waals surface area contributed by atoms with Crippen molar-refractivity contribution in [2.45, 2.75) is 26.0 Å². The standard InChI is InChI=1S/C12H12N2O4/c1-7(2)13-12-11-8(10(6-15)18-12)4-3-5-9(11)14(16)17/h3-7,10H,1-2H3. The van der Waals surface area contributed by atoms with Gasteiger partial charge in [-0.1, -0.05) is 12.1 Å². The molecule has 1 aromatic carbocycles. The van der Waals surface area contributed by atoms with Gasteiger partial charge in [-0.05, 0) is 13.8 Å². The zero-order valence-electron chi connectivity index (χ0n) is 9.99. The van der Waals surface area contributed by atoms with Gasteiger partial charge < -0.3 is 4.74 Å². The smallest absolute Gasteiger partial charge is 0.282 e. The number of carbonyl (C=O) groups excluding carboxylic acids is 1. The number of nitrogens with zero attached hydrogens (tertiary/aromatic N) is 2. The molecule has 1 atom stereocenters. The van der Waals surface area contributed by atoms with Crippen LogP contribution in [0.1, 0.15) is 31.1 Å². The maximum atomic E-state index is 11.0. The van der Waals surface area contributed by atoms with E-state index in [1.807, 2.05) is 13.8 Å². The van der Waals surface area contributed by atoms with Gasteiger partial charge in [-0.25, -0.2) is 4.99 Å². The highest BCUT2D eigenvalue weighted by Crippen LogP contribution is 2.35. The van der Waals surface area contributed by atoms with Crippen LogP contribution in [0.2, 0.25) is 0 Å². The Kier molecular flexibility index (Phi) is 3.10. The number of aliphatic imine (C=N–C) groups is 1. The molecule has 0 amide bonds. The van der Waals surface area contributed by atoms with E-state index in [-0.39, 0.29) is 17.6 Å². The van der Waals surface area contributed by atoms with Crippen LogP contribution < -0.4 is 0 Å². The molecule has 0 aromatic heterocycles. The molecule has 0 saturated carbocycles. The normalized spacial score (nSPS) is 19.7. The molecule has 1 heterocycles. The molecule has 6 nitrogen and oxygen atoms in total. The second-order valence-corrected chi connectivity index (χ2v) is 4.20. The van der Waals surface area contributed by atoms with Gasteiger partial charge in [0.25, 0.3) is 5.69 Å². The van der Waals surface area contributed by atoms with Crippen LogP contribution in [0.4, 0.5) is 5.69 Å². The van der Waals surface area contributed by atoms with Crippen molar-refractivity contribution in [2.24, 2.45) is 4.99 Å². The summed E-state index contributed by atoms with van der Waals surface area (Å²) in [6, 6.07) is 4.49. The van der Waals surface area contributed by atoms with Crippen LogP contribution in [0.5, 0.6) is 0 Å². The summed E-state index contributed by atoms with van der Waals surface area (Å²) in [6.45, 7) is 3.66. The van der Waals surface area contributed by atoms with Crippen LogP contribution in [0.3, 0.4) is 0 Å². The zero-order valence-corrected chi connectivity index (χ0v) is 9.99. The highest BCUT2D eigenvalue weighted by atomic mass is 16.6. The minimum atomic E-state index is -0.808. The number of carbonyl (C=O) groups is 1. The molecule has 6 heteroatoms. The largest absolute Gasteiger partial charge is 0.461 e. The van der Waals surface area contributed by atoms with Gasteiger partial charge in [-0.15, -0.1) is 0 Å². The average Bonchev–Trinajstić information content (AvgIpc) is 2.66. The second-order valence-electron chi connectivity index (χ2n) is 4.20. The van der Waals surface area contributed by atoms with Crippen molar-refractivity contribution in [3.05, 3.63) is 39.4 Å². The minimum absolute atomic E-state index is 0.0712. The maximum absolute atomic E-state index is 11.0. The van der Waals surface area contributed by atoms with Gasteiger partial charge in [0.2, 0.25) is 5.90 Å². The van der Waals surface area contributed by atoms with Gasteiger partial charge in [0, 0.05) is 17.7 Å². The number of benzene rings is 1. The fraction of sp³-hybridized carbons (Fsp3) is 0.333. The van der Waals surface area contributed by atoms with E-state index in [1.165, 1.54) is 12.1 Å². The van der Waals surface area contributed by atoms with Crippen LogP contribution in [0.15, 0.2) is 23.2 Å². The molecule has 0 bridgehead atoms. The summed E-state index contributed by atoms with van der Waals surface area (Å²) in [6.07, 6.45) is -0.191. The molecule has 0 N–H and O–H groups in total. The molecular weight excluding hydrogens is 236 g/mol. The monoisotopic (exact) mass is 248 g/mol. The lowest BCUT2D eigenvalue weighted by molar-refractivity contribution is -0.385. The molecule has 0 aliphatic carbocycles. The number of ether oxygens (including phenoxy) is 1. The van der Waals surface area contributed by atoms with Crippen LogP contribution in [0.25, 0.3) is 0 Å². The zero-order chi connectivity index (χ0) is 13.3. The van der Waals surface area contributed by atoms with Gasteiger partial charge >= 0.3 is 0 Å². The van der Waals surface area contributed by atoms with Crippen molar-refractivity contribution in [1.29, 1.82) is 0 Å². The van der Waals surface area contributed by atoms with E-state index in [1.54, 1.807) is 6.07 Å². The summed E-state index contributed by atoms with van der Waals surface area (Å²) in [5.74, 6) is 0.171. The summed E-state index contributed by atoms with van der Waals surface area (Å²) < 4.78 is 5.36. The Morgan fingerprint density at radius 3 is 2.78 bits per heavy atom. The first kappa shape index (κ1) is 12.2. The highest BCUT2D eigenvalue weighted by molar-refractivity contribution is 6.04. The number of aldehydes is 1. The Morgan fingerprint density at radius 1 is 1.50 bits per heavy atom. The first-order valence-corrected chi connectivity index (χ1v) is 5.52. The Labute approximate surface area is 103 Å². The van der Waals surface area contributed by atoms with Crippen LogP contribution in [0, 0.1) is 10.1 Å². The lowest BCUT2D eigenvalue weighted by Crippen LogP contribution is -2.06. The third-order valence-electron chi connectivity index (χ3n) is 2.53. The molecule has 0 fully saturated rings. The molecule has 2 rings (SSSR count). The molecule has 1 aromatic rings. The molecule has 0 radical (unpaired) electrons. The van der Waals surface area contributed by atoms with E-state index in [2.05, 4.69) is 4.99 Å². The van der Waals surface area contributed by atoms with Gasteiger partial charge in [0.15, 0.2) is 12.4 Å². The van der Waals surface area contributed by atoms with Crippen LogP contribution in [-0.2, 0) is 9.53 Å². The van der Waals surface area contributed by atoms with Gasteiger partial charge in [-0.3, -0.25) is 14.9 Å². The number of rotatable bonds is 3. The number of hydrogen-bond donors (Lipinski definition) is 0. The predicted molar refractivity (Wildman–Crippen MR) is 64.7 cm³/mol. The van der Waals surface area contributed by atoms with E-state index in [0.29, 0.717) is 17.4 Å². The summed E-state index contributed by atoms with van der Waals surface area (Å²) in [4.78, 5) is 25.6. The highest BCUT2D eigenvalue weighted by Gasteiger charge is 2.35. The number of nitro groups is 1. The van der Waals surface area contributed by atoms with Gasteiger partial charge in [0.1, 0.15) is 5.56 Å². The minimum Gasteiger partial charge on any atom is -0.461 e. The summed E-state index contributed by atoms with van der Waals surface area (Å²) in [5, 5.41) is 11.0. The predicted octanol–water partition coefficient (Wildman–Crippen LogP) is 2.02. The number of fused-ring (bicyclic) bond motifs is 1. The summed E-state index contributed by atoms with van der Waals surface area (Å²) >= 11 is 0. The van der Waals surface area contributed by atoms with Crippen molar-refractivity contribution in [3.8, 4) is 0 Å². The van der Waals surface area contributed by atoms with Crippen LogP contribution >= 0.6 is 0 Å². The fourth-order valence-electron chi connectivity index (χ4n) is 1.85. The Balaban J connectivity index is 2.64. The first-order valence-electron chi connectivity index (χ1n) is 5.52. The second kappa shape index (κ2) is 4.56. The van der Waals surface area contributed by atoms with Crippen molar-refractivity contribution in [1.82, 2.24) is 0 Å². The third-order valence-corrected chi connectivity index (χ3v) is 2.53. The quantitative estimate of drug-likeness (QED) is 0.465. The number of hydrogen-bond acceptors (Lipinski definition) is 5. The van der Waals surface area contributed by atoms with Crippen molar-refractivity contribution in [2.75, 3.05) is 0 Å². The molecule has 18 heavy (non-hydrogen) atoms. The van der Waals surface area contributed by atoms with Gasteiger partial charge in [-0.2, -0.15) is 0 Å². The van der Waals surface area contributed by atoms with E-state index >= 15 is 0 Å². The first-order chi connectivity index (χ1) is 8.54. The van der Waals surface area contributed by atoms with E-state index in [9.17, 15) is 14.9 Å². The molecule has 0 spiro atoms. The van der Waals surface area contributed by atoms with Crippen molar-refractivity contribution < 1.29 is 14.5 Å². The SMILES string of the molecule is CC(C)N=C1OC(C=O)c2cccc([N+](=O)[O-])c21. The molecule has 0 saturated heterocycles. The molecule has 1 unspecified atom stereocenters. The molecule has 1 aliphatic heterocycles. The number of nitro benzene ring substituents is 1. The third kappa shape index (κ3) is 1.97. The maximum Gasteiger partial charge on any atom is 0.282 e. The van der Waals surface area contributed by atoms with Gasteiger partial charge in [0.05, 0.1) is 4.92 Å². The lowest BCUT2D eigenvalue weighted by atomic mass is 10.0. The topological polar surface area (TPSA) is 81.8 Å². The molecule has 1 aliphatic rings. The lowest BCUT2D eigenvalue weighted by Gasteiger charge is -2.03. The molecule has 94 valence electrons. The average molecular weight is 248 g/mol. The Morgan fingerprint density at radius 2 is 2.22 bits per heavy atom. The van der Waals surface area contributed by atoms with Crippen LogP contribution in [-0.4, -0.2) is 23.1 Å². The van der Waals surface area contributed by atoms with Crippen molar-refractivity contribution in [3.63, 3.8) is 0 Å². The van der Waals surface area contributed by atoms with E-state index in [0.717, 1.165) is 0 Å². The molecular formula is C12H12N2O4. The van der Waals surface area contributed by atoms with Crippen molar-refractivity contribution >= 4 is 17.9 Å². The summed E-state index contributed by atoms with van der Waals surface area (Å²) in [7, 11) is 0.